The van der Waals surface area contributed by atoms with E-state index in [9.17, 15) is 56.3 Å². The molecule has 0 radical (unpaired) electrons. The third kappa shape index (κ3) is 13.1. The van der Waals surface area contributed by atoms with E-state index in [-0.39, 0.29) is 41.2 Å². The van der Waals surface area contributed by atoms with Gasteiger partial charge in [-0.15, -0.1) is 29.1 Å². The molecule has 352 valence electrons. The second-order valence-electron chi connectivity index (χ2n) is 11.6. The molecule has 0 atom stereocenters. The molecule has 0 aliphatic carbocycles. The van der Waals surface area contributed by atoms with E-state index in [1.165, 1.54) is 0 Å². The first kappa shape index (κ1) is 52.2. The van der Waals surface area contributed by atoms with Crippen LogP contribution in [0.3, 0.4) is 0 Å². The number of aromatic hydroxyl groups is 1. The van der Waals surface area contributed by atoms with Gasteiger partial charge in [0.05, 0.1) is 71.8 Å². The summed E-state index contributed by atoms with van der Waals surface area (Å²) in [6.45, 7) is -1.57. The van der Waals surface area contributed by atoms with Gasteiger partial charge in [0.15, 0.2) is 37.7 Å². The standard InChI is InChI=1S/C28H29N5O24S7/c1-50-18-13-22(61(39,40)8-6-53-64(47,48)49)19(51-2)12-17(18)31-33-27-23(63(44,45)46)10-14-9-20(58-56-54-35)26(28(34)24(14)25(27)29)32-30-16-4-3-15(11-21(16)62(41,42)43)60(37,38)7-5-52-59-57-55-36/h3-4,9-13,34-36H,5-8,29H2,1-2H3,(H,41,42,43)(H,44,45,46)(H,47,48,49). The number of nitrogens with zero attached hydrogens (tertiary/aromatic N) is 4. The summed E-state index contributed by atoms with van der Waals surface area (Å²) in [6.07, 6.45) is 0. The number of hydrogen-bond acceptors (Lipinski definition) is 28. The predicted octanol–water partition coefficient (Wildman–Crippen LogP) is 4.27. The third-order valence-electron chi connectivity index (χ3n) is 7.76. The maximum atomic E-state index is 13.0. The van der Waals surface area contributed by atoms with Gasteiger partial charge in [0.2, 0.25) is 0 Å². The summed E-state index contributed by atoms with van der Waals surface area (Å²) in [5, 5.41) is 49.7. The van der Waals surface area contributed by atoms with Gasteiger partial charge in [-0.3, -0.25) is 17.8 Å². The molecule has 4 aromatic rings. The van der Waals surface area contributed by atoms with Crippen LogP contribution in [0, 0.1) is 0 Å². The number of rotatable bonds is 23. The third-order valence-corrected chi connectivity index (χ3v) is 14.3. The Morgan fingerprint density at radius 3 is 1.86 bits per heavy atom. The number of azo groups is 2. The molecule has 0 aromatic heterocycles. The first-order valence-electron chi connectivity index (χ1n) is 16.1. The number of methoxy groups -OCH3 is 2. The molecule has 4 aromatic carbocycles. The minimum Gasteiger partial charge on any atom is -0.505 e. The number of hydrogen-bond donors (Lipinski definition) is 7. The van der Waals surface area contributed by atoms with E-state index in [0.29, 0.717) is 6.07 Å². The molecule has 0 saturated heterocycles. The maximum Gasteiger partial charge on any atom is 0.397 e. The number of anilines is 1. The van der Waals surface area contributed by atoms with Crippen molar-refractivity contribution in [2.75, 3.05) is 44.7 Å². The second kappa shape index (κ2) is 21.2. The number of nitrogen functional groups attached to an aromatic ring is 1. The van der Waals surface area contributed by atoms with Crippen molar-refractivity contribution >= 4 is 114 Å². The molecule has 0 aliphatic rings. The minimum absolute atomic E-state index is 0.0671. The van der Waals surface area contributed by atoms with Crippen LogP contribution < -0.4 is 15.2 Å². The predicted molar refractivity (Wildman–Crippen MR) is 215 cm³/mol. The molecular formula is C28H29N5O24S7. The lowest BCUT2D eigenvalue weighted by Gasteiger charge is -2.15. The van der Waals surface area contributed by atoms with Crippen LogP contribution in [-0.2, 0) is 77.4 Å². The normalized spacial score (nSPS) is 13.0. The van der Waals surface area contributed by atoms with Crippen molar-refractivity contribution in [2.24, 2.45) is 20.5 Å². The van der Waals surface area contributed by atoms with E-state index < -0.39 is 139 Å². The van der Waals surface area contributed by atoms with Gasteiger partial charge in [-0.2, -0.15) is 25.3 Å². The highest BCUT2D eigenvalue weighted by atomic mass is 32.3. The van der Waals surface area contributed by atoms with Crippen molar-refractivity contribution in [3.05, 3.63) is 42.5 Å². The maximum absolute atomic E-state index is 13.0. The van der Waals surface area contributed by atoms with Crippen LogP contribution in [-0.4, -0.2) is 110 Å². The van der Waals surface area contributed by atoms with Crippen LogP contribution in [0.4, 0.5) is 28.4 Å². The Balaban J connectivity index is 1.90. The van der Waals surface area contributed by atoms with E-state index in [0.717, 1.165) is 50.6 Å². The highest BCUT2D eigenvalue weighted by Crippen LogP contribution is 2.50. The average molecular weight is 1040 g/mol. The highest BCUT2D eigenvalue weighted by molar-refractivity contribution is 7.94. The molecule has 29 nitrogen and oxygen atoms in total. The summed E-state index contributed by atoms with van der Waals surface area (Å²) < 4.78 is 180. The molecule has 64 heavy (non-hydrogen) atoms. The van der Waals surface area contributed by atoms with Gasteiger partial charge in [-0.25, -0.2) is 31.5 Å². The number of phenolic OH excluding ortho intramolecular Hbond substituents is 1. The van der Waals surface area contributed by atoms with Crippen LogP contribution in [0.2, 0.25) is 0 Å². The number of benzene rings is 4. The summed E-state index contributed by atoms with van der Waals surface area (Å²) in [7, 11) is -22.2. The largest absolute Gasteiger partial charge is 0.505 e. The zero-order valence-corrected chi connectivity index (χ0v) is 37.3. The molecule has 0 fully saturated rings. The highest BCUT2D eigenvalue weighted by Gasteiger charge is 2.28. The smallest absolute Gasteiger partial charge is 0.397 e. The molecular weight excluding hydrogens is 1010 g/mol. The van der Waals surface area contributed by atoms with E-state index >= 15 is 0 Å². The van der Waals surface area contributed by atoms with Crippen LogP contribution in [0.25, 0.3) is 10.8 Å². The van der Waals surface area contributed by atoms with Crippen LogP contribution in [0.5, 0.6) is 17.2 Å². The molecule has 0 saturated carbocycles. The van der Waals surface area contributed by atoms with Gasteiger partial charge >= 0.3 is 10.4 Å². The molecule has 0 unspecified atom stereocenters. The van der Waals surface area contributed by atoms with Crippen molar-refractivity contribution in [3.8, 4) is 17.2 Å². The summed E-state index contributed by atoms with van der Waals surface area (Å²) in [5.41, 5.74) is 2.89. The lowest BCUT2D eigenvalue weighted by atomic mass is 10.1. The van der Waals surface area contributed by atoms with Gasteiger partial charge in [0.1, 0.15) is 48.9 Å². The van der Waals surface area contributed by atoms with Gasteiger partial charge < -0.3 is 20.3 Å². The van der Waals surface area contributed by atoms with E-state index in [2.05, 4.69) is 43.4 Å². The molecule has 0 amide bonds. The fraction of sp³-hybridized carbons (Fsp3) is 0.214. The lowest BCUT2D eigenvalue weighted by molar-refractivity contribution is -0.434. The molecule has 4 rings (SSSR count). The minimum atomic E-state index is -5.29. The van der Waals surface area contributed by atoms with Crippen molar-refractivity contribution in [3.63, 3.8) is 0 Å². The van der Waals surface area contributed by atoms with Crippen molar-refractivity contribution in [1.29, 1.82) is 0 Å². The molecule has 8 N–H and O–H groups in total. The Kier molecular flexibility index (Phi) is 17.3. The van der Waals surface area contributed by atoms with E-state index in [1.807, 2.05) is 0 Å². The zero-order chi connectivity index (χ0) is 47.8. The van der Waals surface area contributed by atoms with E-state index in [1.54, 1.807) is 0 Å². The van der Waals surface area contributed by atoms with Crippen LogP contribution in [0.1, 0.15) is 0 Å². The molecule has 0 bridgehead atoms. The number of sulfone groups is 2. The van der Waals surface area contributed by atoms with Crippen LogP contribution >= 0.6 is 24.4 Å². The lowest BCUT2D eigenvalue weighted by Crippen LogP contribution is -2.16. The van der Waals surface area contributed by atoms with Crippen molar-refractivity contribution in [2.45, 2.75) is 24.5 Å². The van der Waals surface area contributed by atoms with Crippen LogP contribution in [0.15, 0.2) is 87.4 Å². The number of phenols is 1. The monoisotopic (exact) mass is 1040 g/mol. The molecule has 0 spiro atoms. The Morgan fingerprint density at radius 2 is 1.27 bits per heavy atom. The quantitative estimate of drug-likeness (QED) is 0.0104. The van der Waals surface area contributed by atoms with Gasteiger partial charge in [0.25, 0.3) is 20.2 Å². The van der Waals surface area contributed by atoms with Gasteiger partial charge in [-0.1, -0.05) is 10.1 Å². The molecule has 36 heteroatoms. The fourth-order valence-electron chi connectivity index (χ4n) is 5.07. The summed E-state index contributed by atoms with van der Waals surface area (Å²) in [4.78, 5) is -3.79. The number of fused-ring (bicyclic) bond motifs is 1. The molecule has 0 heterocycles. The zero-order valence-electron chi connectivity index (χ0n) is 31.6. The second-order valence-corrected chi connectivity index (χ2v) is 20.9. The first-order valence-corrected chi connectivity index (χ1v) is 25.0. The number of nitrogens with two attached hydrogens (primary N) is 1. The Bertz CT molecular complexity index is 3040. The number of ether oxygens (including phenoxy) is 2. The SMILES string of the molecule is COc1cc(S(=O)(=O)CCOS(=O)(=O)O)c(OC)cc1N=Nc1c(S(=O)(=O)O)cc2cc(SOOO)c(N=Nc3ccc(S(=O)(=O)CCOSOOO)cc3S(=O)(=O)O)c(O)c2c1N. The van der Waals surface area contributed by atoms with Crippen molar-refractivity contribution < 1.29 is 108 Å². The molecule has 0 aliphatic heterocycles. The Hall–Kier alpha value is -4.45. The topological polar surface area (TPSA) is 441 Å². The van der Waals surface area contributed by atoms with Gasteiger partial charge in [0, 0.05) is 12.1 Å². The first-order chi connectivity index (χ1) is 29.8. The summed E-state index contributed by atoms with van der Waals surface area (Å²) in [5.74, 6) is -3.58. The summed E-state index contributed by atoms with van der Waals surface area (Å²) in [6, 6.07) is 5.71. The fourth-order valence-corrected chi connectivity index (χ4v) is 10.0. The van der Waals surface area contributed by atoms with Crippen molar-refractivity contribution in [1.82, 2.24) is 0 Å². The summed E-state index contributed by atoms with van der Waals surface area (Å²) >= 11 is 0.168. The van der Waals surface area contributed by atoms with Gasteiger partial charge in [-0.05, 0) is 35.7 Å². The van der Waals surface area contributed by atoms with E-state index in [4.69, 9.17) is 34.5 Å². The average Bonchev–Trinajstić information content (AvgIpc) is 3.20. The Morgan fingerprint density at radius 1 is 0.656 bits per heavy atom. The Labute approximate surface area is 369 Å².